The second-order valence-corrected chi connectivity index (χ2v) is 32.3. The van der Waals surface area contributed by atoms with E-state index >= 15 is 0 Å². The van der Waals surface area contributed by atoms with E-state index < -0.39 is 97.5 Å². The first kappa shape index (κ1) is 96.1. The summed E-state index contributed by atoms with van der Waals surface area (Å²) < 4.78 is 68.6. The summed E-state index contributed by atoms with van der Waals surface area (Å²) in [6.45, 7) is 9.57. The van der Waals surface area contributed by atoms with Crippen LogP contribution in [0.3, 0.4) is 0 Å². The Morgan fingerprint density at radius 2 is 0.469 bits per heavy atom. The largest absolute Gasteiger partial charge is 0.472 e. The first-order valence-electron chi connectivity index (χ1n) is 41.0. The van der Waals surface area contributed by atoms with Gasteiger partial charge in [0.05, 0.1) is 26.4 Å². The van der Waals surface area contributed by atoms with E-state index in [0.717, 1.165) is 102 Å². The summed E-state index contributed by atoms with van der Waals surface area (Å²) in [7, 11) is -9.91. The molecule has 0 amide bonds. The molecule has 0 saturated heterocycles. The molecule has 17 nitrogen and oxygen atoms in total. The average Bonchev–Trinajstić information content (AvgIpc) is 0.945. The number of unbranched alkanes of at least 4 members (excludes halogenated alkanes) is 48. The van der Waals surface area contributed by atoms with E-state index in [-0.39, 0.29) is 25.7 Å². The lowest BCUT2D eigenvalue weighted by atomic mass is 10.0. The van der Waals surface area contributed by atoms with Gasteiger partial charge in [0.15, 0.2) is 12.2 Å². The SMILES string of the molecule is CCCCCCCCCCCCCCCCCCC(=O)OC[C@H](COP(=O)(O)OC[C@@H](O)COP(=O)(O)OC[C@@H](COC(=O)CCCCCCCCC(C)C)OC(=O)CCCCCCCCCCCCCCCC)OC(=O)CCCCCCCCCCCCCCCCCCC(C)C. The van der Waals surface area contributed by atoms with E-state index in [4.69, 9.17) is 37.0 Å². The van der Waals surface area contributed by atoms with Crippen molar-refractivity contribution in [3.63, 3.8) is 0 Å². The van der Waals surface area contributed by atoms with Gasteiger partial charge in [0.2, 0.25) is 0 Å². The molecule has 0 aliphatic heterocycles. The summed E-state index contributed by atoms with van der Waals surface area (Å²) in [5.41, 5.74) is 0. The maximum Gasteiger partial charge on any atom is 0.472 e. The van der Waals surface area contributed by atoms with Gasteiger partial charge in [0.1, 0.15) is 19.3 Å². The fourth-order valence-electron chi connectivity index (χ4n) is 12.2. The van der Waals surface area contributed by atoms with Gasteiger partial charge >= 0.3 is 39.5 Å². The highest BCUT2D eigenvalue weighted by Crippen LogP contribution is 2.45. The molecule has 2 unspecified atom stereocenters. The van der Waals surface area contributed by atoms with Crippen molar-refractivity contribution in [2.45, 2.75) is 432 Å². The van der Waals surface area contributed by atoms with Crippen molar-refractivity contribution < 1.29 is 80.2 Å². The highest BCUT2D eigenvalue weighted by atomic mass is 31.2. The number of carbonyl (C=O) groups is 4. The van der Waals surface area contributed by atoms with Crippen LogP contribution in [0.15, 0.2) is 0 Å². The molecular formula is C79H154O17P2. The molecule has 3 N–H and O–H groups in total. The van der Waals surface area contributed by atoms with Crippen LogP contribution in [0.5, 0.6) is 0 Å². The standard InChI is InChI=1S/C79H154O17P2/c1-7-9-11-13-15-17-19-21-23-27-31-34-38-42-49-55-61-76(81)89-67-74(95-78(83)64-58-52-44-40-36-32-28-25-24-26-29-33-37-41-47-53-59-71(3)4)69-93-97(85,86)91-65-73(80)66-92-98(87,88)94-70-75(68-90-77(82)62-56-50-46-45-48-54-60-72(5)6)96-79(84)63-57-51-43-39-35-30-22-20-18-16-14-12-10-8-2/h71-75,80H,7-70H2,1-6H3,(H,85,86)(H,87,88)/t73-,74-,75-/m1/s1. The summed E-state index contributed by atoms with van der Waals surface area (Å²) in [6, 6.07) is 0. The number of hydrogen-bond acceptors (Lipinski definition) is 15. The van der Waals surface area contributed by atoms with Gasteiger partial charge in [-0.2, -0.15) is 0 Å². The molecule has 0 aliphatic rings. The Labute approximate surface area is 600 Å². The number of aliphatic hydroxyl groups excluding tert-OH is 1. The Bertz CT molecular complexity index is 1890. The molecule has 0 aromatic rings. The normalized spacial score (nSPS) is 13.9. The van der Waals surface area contributed by atoms with Crippen molar-refractivity contribution >= 4 is 39.5 Å². The minimum atomic E-state index is -4.96. The Kier molecular flexibility index (Phi) is 69.3. The summed E-state index contributed by atoms with van der Waals surface area (Å²) in [5, 5.41) is 10.6. The number of phosphoric ester groups is 2. The Morgan fingerprint density at radius 3 is 0.694 bits per heavy atom. The minimum absolute atomic E-state index is 0.107. The average molecular weight is 1440 g/mol. The van der Waals surface area contributed by atoms with Crippen LogP contribution in [0.4, 0.5) is 0 Å². The Balaban J connectivity index is 5.22. The fourth-order valence-corrected chi connectivity index (χ4v) is 13.8. The predicted octanol–water partition coefficient (Wildman–Crippen LogP) is 23.5. The minimum Gasteiger partial charge on any atom is -0.462 e. The number of carbonyl (C=O) groups excluding carboxylic acids is 4. The van der Waals surface area contributed by atoms with Crippen molar-refractivity contribution in [2.75, 3.05) is 39.6 Å². The molecule has 0 bridgehead atoms. The smallest absolute Gasteiger partial charge is 0.462 e. The molecule has 0 aromatic carbocycles. The number of rotatable bonds is 78. The van der Waals surface area contributed by atoms with Crippen LogP contribution in [0.2, 0.25) is 0 Å². The molecule has 0 fully saturated rings. The van der Waals surface area contributed by atoms with Crippen LogP contribution in [0.1, 0.15) is 414 Å². The van der Waals surface area contributed by atoms with E-state index in [1.807, 2.05) is 0 Å². The molecule has 0 aromatic heterocycles. The van der Waals surface area contributed by atoms with Crippen molar-refractivity contribution in [1.82, 2.24) is 0 Å². The zero-order valence-corrected chi connectivity index (χ0v) is 65.9. The van der Waals surface area contributed by atoms with Crippen LogP contribution in [-0.4, -0.2) is 96.7 Å². The van der Waals surface area contributed by atoms with E-state index in [1.165, 1.54) is 225 Å². The van der Waals surface area contributed by atoms with Crippen LogP contribution in [0, 0.1) is 11.8 Å². The molecule has 0 spiro atoms. The summed E-state index contributed by atoms with van der Waals surface area (Å²) in [6.07, 6.45) is 59.8. The Hall–Kier alpha value is -1.94. The molecule has 0 heterocycles. The van der Waals surface area contributed by atoms with Gasteiger partial charge in [-0.15, -0.1) is 0 Å². The van der Waals surface area contributed by atoms with Gasteiger partial charge in [-0.05, 0) is 37.5 Å². The van der Waals surface area contributed by atoms with E-state index in [0.29, 0.717) is 31.6 Å². The molecule has 0 radical (unpaired) electrons. The second-order valence-electron chi connectivity index (χ2n) is 29.4. The molecule has 582 valence electrons. The number of hydrogen-bond donors (Lipinski definition) is 3. The first-order valence-corrected chi connectivity index (χ1v) is 44.0. The maximum absolute atomic E-state index is 13.1. The highest BCUT2D eigenvalue weighted by Gasteiger charge is 2.30. The monoisotopic (exact) mass is 1440 g/mol. The number of esters is 4. The summed E-state index contributed by atoms with van der Waals surface area (Å²) in [4.78, 5) is 72.9. The van der Waals surface area contributed by atoms with Crippen molar-refractivity contribution in [3.8, 4) is 0 Å². The third kappa shape index (κ3) is 72.4. The molecule has 98 heavy (non-hydrogen) atoms. The number of ether oxygens (including phenoxy) is 4. The molecule has 19 heteroatoms. The van der Waals surface area contributed by atoms with Crippen LogP contribution >= 0.6 is 15.6 Å². The first-order chi connectivity index (χ1) is 47.4. The van der Waals surface area contributed by atoms with Gasteiger partial charge in [-0.3, -0.25) is 37.3 Å². The fraction of sp³-hybridized carbons (Fsp3) is 0.949. The van der Waals surface area contributed by atoms with Crippen LogP contribution in [0.25, 0.3) is 0 Å². The highest BCUT2D eigenvalue weighted by molar-refractivity contribution is 7.47. The third-order valence-corrected chi connectivity index (χ3v) is 20.4. The van der Waals surface area contributed by atoms with Gasteiger partial charge in [-0.1, -0.05) is 363 Å². The topological polar surface area (TPSA) is 237 Å². The van der Waals surface area contributed by atoms with Crippen molar-refractivity contribution in [3.05, 3.63) is 0 Å². The number of phosphoric acid groups is 2. The van der Waals surface area contributed by atoms with Gasteiger partial charge in [-0.25, -0.2) is 9.13 Å². The molecule has 5 atom stereocenters. The molecule has 0 aliphatic carbocycles. The van der Waals surface area contributed by atoms with E-state index in [9.17, 15) is 43.2 Å². The van der Waals surface area contributed by atoms with Crippen molar-refractivity contribution in [1.29, 1.82) is 0 Å². The lowest BCUT2D eigenvalue weighted by molar-refractivity contribution is -0.161. The number of aliphatic hydroxyl groups is 1. The zero-order valence-electron chi connectivity index (χ0n) is 64.1. The van der Waals surface area contributed by atoms with E-state index in [2.05, 4.69) is 41.5 Å². The molecule has 0 rings (SSSR count). The summed E-state index contributed by atoms with van der Waals surface area (Å²) >= 11 is 0. The second kappa shape index (κ2) is 70.7. The van der Waals surface area contributed by atoms with Gasteiger partial charge < -0.3 is 33.8 Å². The lowest BCUT2D eigenvalue weighted by Crippen LogP contribution is -2.30. The van der Waals surface area contributed by atoms with Crippen LogP contribution < -0.4 is 0 Å². The maximum atomic E-state index is 13.1. The van der Waals surface area contributed by atoms with Crippen molar-refractivity contribution in [2.24, 2.45) is 11.8 Å². The van der Waals surface area contributed by atoms with E-state index in [1.54, 1.807) is 0 Å². The Morgan fingerprint density at radius 1 is 0.276 bits per heavy atom. The summed E-state index contributed by atoms with van der Waals surface area (Å²) in [5.74, 6) is -0.623. The molecular weight excluding hydrogens is 1280 g/mol. The lowest BCUT2D eigenvalue weighted by Gasteiger charge is -2.21. The van der Waals surface area contributed by atoms with Crippen LogP contribution in [-0.2, 0) is 65.4 Å². The molecule has 0 saturated carbocycles. The van der Waals surface area contributed by atoms with Gasteiger partial charge in [0.25, 0.3) is 0 Å². The zero-order chi connectivity index (χ0) is 72.1. The van der Waals surface area contributed by atoms with Gasteiger partial charge in [0, 0.05) is 25.7 Å². The predicted molar refractivity (Wildman–Crippen MR) is 400 cm³/mol. The quantitative estimate of drug-likeness (QED) is 0.0222. The third-order valence-electron chi connectivity index (χ3n) is 18.5.